The molecule has 4 N–H and O–H groups in total. The molecule has 0 radical (unpaired) electrons. The van der Waals surface area contributed by atoms with Crippen molar-refractivity contribution in [3.05, 3.63) is 53.9 Å². The summed E-state index contributed by atoms with van der Waals surface area (Å²) < 4.78 is 63.8. The summed E-state index contributed by atoms with van der Waals surface area (Å²) in [6.45, 7) is -1.20. The number of nitrogens with zero attached hydrogens (tertiary/aromatic N) is 1. The predicted molar refractivity (Wildman–Crippen MR) is 96.8 cm³/mol. The van der Waals surface area contributed by atoms with Crippen LogP contribution in [0.4, 0.5) is 33.3 Å². The lowest BCUT2D eigenvalue weighted by Crippen LogP contribution is -2.21. The maximum atomic E-state index is 13.5. The van der Waals surface area contributed by atoms with Gasteiger partial charge in [-0.3, -0.25) is 9.89 Å². The standard InChI is InChI=1S/C18H12F5N5O/c19-11-4-10-13(5-12(11)20)24-6-15(10)26-17(29)16-9-2-1-8(3-14(9)27-28-16)25-7-18(21,22)23/h1-6,24-25H,7H2,(H,26,29)(H,27,28). The van der Waals surface area contributed by atoms with Crippen molar-refractivity contribution in [3.8, 4) is 0 Å². The lowest BCUT2D eigenvalue weighted by Gasteiger charge is -2.09. The zero-order valence-corrected chi connectivity index (χ0v) is 14.4. The van der Waals surface area contributed by atoms with Gasteiger partial charge in [-0.05, 0) is 24.3 Å². The molecule has 6 nitrogen and oxygen atoms in total. The lowest BCUT2D eigenvalue weighted by atomic mass is 10.1. The summed E-state index contributed by atoms with van der Waals surface area (Å²) in [6.07, 6.45) is -2.98. The number of amides is 1. The number of rotatable bonds is 4. The van der Waals surface area contributed by atoms with E-state index < -0.39 is 30.3 Å². The van der Waals surface area contributed by atoms with Crippen LogP contribution < -0.4 is 10.6 Å². The highest BCUT2D eigenvalue weighted by molar-refractivity contribution is 6.14. The fourth-order valence-corrected chi connectivity index (χ4v) is 2.91. The van der Waals surface area contributed by atoms with E-state index in [4.69, 9.17) is 0 Å². The quantitative estimate of drug-likeness (QED) is 0.373. The molecule has 150 valence electrons. The molecule has 1 amide bonds. The van der Waals surface area contributed by atoms with E-state index in [1.54, 1.807) is 0 Å². The van der Waals surface area contributed by atoms with E-state index >= 15 is 0 Å². The number of carbonyl (C=O) groups excluding carboxylic acids is 1. The van der Waals surface area contributed by atoms with Crippen molar-refractivity contribution >= 4 is 39.1 Å². The number of aromatic amines is 2. The minimum absolute atomic E-state index is 0.000644. The Balaban J connectivity index is 1.58. The summed E-state index contributed by atoms with van der Waals surface area (Å²) in [6, 6.07) is 6.17. The van der Waals surface area contributed by atoms with Crippen molar-refractivity contribution in [2.75, 3.05) is 17.2 Å². The normalized spacial score (nSPS) is 11.9. The molecule has 0 saturated carbocycles. The number of alkyl halides is 3. The van der Waals surface area contributed by atoms with Gasteiger partial charge in [-0.2, -0.15) is 18.3 Å². The Labute approximate surface area is 159 Å². The fourth-order valence-electron chi connectivity index (χ4n) is 2.91. The molecule has 2 aromatic heterocycles. The smallest absolute Gasteiger partial charge is 0.376 e. The highest BCUT2D eigenvalue weighted by atomic mass is 19.4. The van der Waals surface area contributed by atoms with Gasteiger partial charge in [0.1, 0.15) is 6.54 Å². The number of hydrogen-bond donors (Lipinski definition) is 4. The minimum Gasteiger partial charge on any atom is -0.376 e. The molecular formula is C18H12F5N5O. The summed E-state index contributed by atoms with van der Waals surface area (Å²) in [5, 5.41) is 12.0. The molecule has 0 unspecified atom stereocenters. The highest BCUT2D eigenvalue weighted by Gasteiger charge is 2.26. The Hall–Kier alpha value is -3.63. The van der Waals surface area contributed by atoms with E-state index in [1.807, 2.05) is 0 Å². The average molecular weight is 409 g/mol. The second-order valence-electron chi connectivity index (χ2n) is 6.27. The van der Waals surface area contributed by atoms with E-state index in [-0.39, 0.29) is 22.5 Å². The zero-order chi connectivity index (χ0) is 20.8. The van der Waals surface area contributed by atoms with Gasteiger partial charge in [0.2, 0.25) is 0 Å². The number of halogens is 5. The van der Waals surface area contributed by atoms with Crippen LogP contribution in [0.25, 0.3) is 21.8 Å². The number of benzene rings is 2. The molecule has 2 aromatic carbocycles. The minimum atomic E-state index is -4.37. The molecular weight excluding hydrogens is 397 g/mol. The van der Waals surface area contributed by atoms with Gasteiger partial charge in [0.15, 0.2) is 17.3 Å². The van der Waals surface area contributed by atoms with Gasteiger partial charge in [0.25, 0.3) is 5.91 Å². The van der Waals surface area contributed by atoms with Crippen LogP contribution in [0.3, 0.4) is 0 Å². The molecule has 2 heterocycles. The van der Waals surface area contributed by atoms with E-state index in [0.29, 0.717) is 16.4 Å². The number of hydrogen-bond acceptors (Lipinski definition) is 3. The molecule has 0 aliphatic carbocycles. The number of H-pyrrole nitrogens is 2. The fraction of sp³-hybridized carbons (Fsp3) is 0.111. The molecule has 11 heteroatoms. The van der Waals surface area contributed by atoms with Crippen LogP contribution in [0, 0.1) is 11.6 Å². The largest absolute Gasteiger partial charge is 0.405 e. The third-order valence-corrected chi connectivity index (χ3v) is 4.24. The van der Waals surface area contributed by atoms with Crippen LogP contribution in [0.15, 0.2) is 36.5 Å². The van der Waals surface area contributed by atoms with Crippen molar-refractivity contribution < 1.29 is 26.7 Å². The average Bonchev–Trinajstić information content (AvgIpc) is 3.24. The Morgan fingerprint density at radius 3 is 2.55 bits per heavy atom. The maximum absolute atomic E-state index is 13.5. The van der Waals surface area contributed by atoms with Crippen LogP contribution in [-0.2, 0) is 0 Å². The van der Waals surface area contributed by atoms with Crippen molar-refractivity contribution in [1.82, 2.24) is 15.2 Å². The van der Waals surface area contributed by atoms with Crippen molar-refractivity contribution in [1.29, 1.82) is 0 Å². The number of fused-ring (bicyclic) bond motifs is 2. The second kappa shape index (κ2) is 6.76. The summed E-state index contributed by atoms with van der Waals surface area (Å²) >= 11 is 0. The Morgan fingerprint density at radius 2 is 1.79 bits per heavy atom. The Morgan fingerprint density at radius 1 is 1.03 bits per heavy atom. The lowest BCUT2D eigenvalue weighted by molar-refractivity contribution is -0.115. The van der Waals surface area contributed by atoms with Crippen molar-refractivity contribution in [3.63, 3.8) is 0 Å². The van der Waals surface area contributed by atoms with Crippen LogP contribution in [-0.4, -0.2) is 33.8 Å². The van der Waals surface area contributed by atoms with Gasteiger partial charge < -0.3 is 15.6 Å². The Kier molecular flexibility index (Phi) is 4.36. The molecule has 4 rings (SSSR count). The third kappa shape index (κ3) is 3.71. The van der Waals surface area contributed by atoms with Gasteiger partial charge in [0, 0.05) is 28.7 Å². The van der Waals surface area contributed by atoms with Crippen LogP contribution in [0.5, 0.6) is 0 Å². The molecule has 0 bridgehead atoms. The Bertz CT molecular complexity index is 1230. The summed E-state index contributed by atoms with van der Waals surface area (Å²) in [5.74, 6) is -2.71. The van der Waals surface area contributed by atoms with Crippen LogP contribution >= 0.6 is 0 Å². The zero-order valence-electron chi connectivity index (χ0n) is 14.4. The van der Waals surface area contributed by atoms with Gasteiger partial charge in [-0.15, -0.1) is 0 Å². The molecule has 0 saturated heterocycles. The maximum Gasteiger partial charge on any atom is 0.405 e. The molecule has 29 heavy (non-hydrogen) atoms. The van der Waals surface area contributed by atoms with Crippen LogP contribution in [0.2, 0.25) is 0 Å². The first-order chi connectivity index (χ1) is 13.7. The monoisotopic (exact) mass is 409 g/mol. The van der Waals surface area contributed by atoms with Crippen LogP contribution in [0.1, 0.15) is 10.5 Å². The molecule has 0 atom stereocenters. The first kappa shape index (κ1) is 18.7. The van der Waals surface area contributed by atoms with E-state index in [9.17, 15) is 26.7 Å². The number of aromatic nitrogens is 3. The van der Waals surface area contributed by atoms with Gasteiger partial charge >= 0.3 is 6.18 Å². The molecule has 0 aliphatic rings. The van der Waals surface area contributed by atoms with Crippen molar-refractivity contribution in [2.24, 2.45) is 0 Å². The van der Waals surface area contributed by atoms with E-state index in [1.165, 1.54) is 24.4 Å². The van der Waals surface area contributed by atoms with E-state index in [0.717, 1.165) is 12.1 Å². The topological polar surface area (TPSA) is 85.6 Å². The first-order valence-electron chi connectivity index (χ1n) is 8.27. The van der Waals surface area contributed by atoms with Gasteiger partial charge in [-0.25, -0.2) is 8.78 Å². The first-order valence-corrected chi connectivity index (χ1v) is 8.27. The van der Waals surface area contributed by atoms with Gasteiger partial charge in [0.05, 0.1) is 16.7 Å². The van der Waals surface area contributed by atoms with Gasteiger partial charge in [-0.1, -0.05) is 0 Å². The van der Waals surface area contributed by atoms with E-state index in [2.05, 4.69) is 25.8 Å². The SMILES string of the molecule is O=C(Nc1c[nH]c2cc(F)c(F)cc12)c1n[nH]c2cc(NCC(F)(F)F)ccc12. The summed E-state index contributed by atoms with van der Waals surface area (Å²) in [4.78, 5) is 15.3. The molecule has 0 spiro atoms. The third-order valence-electron chi connectivity index (χ3n) is 4.24. The second-order valence-corrected chi connectivity index (χ2v) is 6.27. The number of carbonyl (C=O) groups is 1. The molecule has 0 aliphatic heterocycles. The summed E-state index contributed by atoms with van der Waals surface area (Å²) in [7, 11) is 0. The molecule has 4 aromatic rings. The highest BCUT2D eigenvalue weighted by Crippen LogP contribution is 2.27. The predicted octanol–water partition coefficient (Wildman–Crippen LogP) is 4.55. The molecule has 0 fully saturated rings. The van der Waals surface area contributed by atoms with Crippen molar-refractivity contribution in [2.45, 2.75) is 6.18 Å². The summed E-state index contributed by atoms with van der Waals surface area (Å²) in [5.41, 5.74) is 1.09. The number of nitrogens with one attached hydrogen (secondary N) is 4. The number of anilines is 2.